The second-order valence-corrected chi connectivity index (χ2v) is 5.11. The Morgan fingerprint density at radius 3 is 2.53 bits per heavy atom. The van der Waals surface area contributed by atoms with Crippen LogP contribution in [0.25, 0.3) is 6.08 Å². The molecular formula is C15H18. The molecular weight excluding hydrogens is 180 g/mol. The molecule has 0 heterocycles. The van der Waals surface area contributed by atoms with Crippen molar-refractivity contribution in [2.75, 3.05) is 0 Å². The van der Waals surface area contributed by atoms with Crippen molar-refractivity contribution in [2.45, 2.75) is 25.7 Å². The van der Waals surface area contributed by atoms with Crippen molar-refractivity contribution in [3.8, 4) is 0 Å². The van der Waals surface area contributed by atoms with Gasteiger partial charge in [0.2, 0.25) is 0 Å². The van der Waals surface area contributed by atoms with Crippen molar-refractivity contribution < 1.29 is 0 Å². The Hall–Kier alpha value is -1.04. The van der Waals surface area contributed by atoms with Gasteiger partial charge in [-0.05, 0) is 42.6 Å². The van der Waals surface area contributed by atoms with Gasteiger partial charge in [0.15, 0.2) is 0 Å². The van der Waals surface area contributed by atoms with Crippen LogP contribution in [0.15, 0.2) is 36.4 Å². The number of fused-ring (bicyclic) bond motifs is 2. The molecule has 2 aliphatic rings. The number of hydrogen-bond acceptors (Lipinski definition) is 0. The van der Waals surface area contributed by atoms with Crippen LogP contribution in [0.5, 0.6) is 0 Å². The molecule has 0 N–H and O–H groups in total. The van der Waals surface area contributed by atoms with E-state index in [4.69, 9.17) is 0 Å². The van der Waals surface area contributed by atoms with Crippen LogP contribution in [0.3, 0.4) is 0 Å². The first-order valence-electron chi connectivity index (χ1n) is 6.15. The molecule has 3 rings (SSSR count). The van der Waals surface area contributed by atoms with Crippen LogP contribution >= 0.6 is 0 Å². The molecule has 0 radical (unpaired) electrons. The zero-order chi connectivity index (χ0) is 10.1. The first-order chi connectivity index (χ1) is 7.42. The van der Waals surface area contributed by atoms with Crippen molar-refractivity contribution in [2.24, 2.45) is 17.8 Å². The van der Waals surface area contributed by atoms with E-state index >= 15 is 0 Å². The SMILES string of the molecule is C(=C\C1C[C@@H]2CC[C@H]1C2)/c1ccccc1. The molecule has 2 aliphatic carbocycles. The van der Waals surface area contributed by atoms with Gasteiger partial charge >= 0.3 is 0 Å². The van der Waals surface area contributed by atoms with Crippen molar-refractivity contribution in [3.63, 3.8) is 0 Å². The molecule has 0 saturated heterocycles. The van der Waals surface area contributed by atoms with Crippen molar-refractivity contribution in [1.29, 1.82) is 0 Å². The molecule has 2 saturated carbocycles. The van der Waals surface area contributed by atoms with E-state index in [-0.39, 0.29) is 0 Å². The largest absolute Gasteiger partial charge is 0.0805 e. The zero-order valence-electron chi connectivity index (χ0n) is 9.10. The zero-order valence-corrected chi connectivity index (χ0v) is 9.10. The van der Waals surface area contributed by atoms with Crippen molar-refractivity contribution in [3.05, 3.63) is 42.0 Å². The van der Waals surface area contributed by atoms with Gasteiger partial charge in [-0.2, -0.15) is 0 Å². The van der Waals surface area contributed by atoms with Crippen LogP contribution in [0.4, 0.5) is 0 Å². The number of benzene rings is 1. The van der Waals surface area contributed by atoms with E-state index in [2.05, 4.69) is 42.5 Å². The molecule has 0 heteroatoms. The van der Waals surface area contributed by atoms with Gasteiger partial charge in [-0.3, -0.25) is 0 Å². The second kappa shape index (κ2) is 3.84. The third-order valence-electron chi connectivity index (χ3n) is 4.13. The van der Waals surface area contributed by atoms with Gasteiger partial charge in [-0.15, -0.1) is 0 Å². The highest BCUT2D eigenvalue weighted by Crippen LogP contribution is 2.48. The number of hydrogen-bond donors (Lipinski definition) is 0. The molecule has 1 unspecified atom stereocenters. The summed E-state index contributed by atoms with van der Waals surface area (Å²) in [5, 5.41) is 0. The fraction of sp³-hybridized carbons (Fsp3) is 0.467. The van der Waals surface area contributed by atoms with Crippen LogP contribution in [-0.4, -0.2) is 0 Å². The van der Waals surface area contributed by atoms with Gasteiger partial charge in [-0.25, -0.2) is 0 Å². The van der Waals surface area contributed by atoms with Gasteiger partial charge in [0, 0.05) is 0 Å². The average Bonchev–Trinajstić information content (AvgIpc) is 2.89. The normalized spacial score (nSPS) is 34.0. The summed E-state index contributed by atoms with van der Waals surface area (Å²) in [7, 11) is 0. The monoisotopic (exact) mass is 198 g/mol. The Labute approximate surface area is 92.0 Å². The molecule has 0 amide bonds. The molecule has 78 valence electrons. The van der Waals surface area contributed by atoms with E-state index in [0.717, 1.165) is 17.8 Å². The van der Waals surface area contributed by atoms with Gasteiger partial charge in [0.05, 0.1) is 0 Å². The van der Waals surface area contributed by atoms with Crippen LogP contribution in [0.1, 0.15) is 31.2 Å². The van der Waals surface area contributed by atoms with Crippen molar-refractivity contribution >= 4 is 6.08 Å². The molecule has 0 aliphatic heterocycles. The number of allylic oxidation sites excluding steroid dienone is 1. The molecule has 1 aromatic rings. The van der Waals surface area contributed by atoms with Gasteiger partial charge in [0.25, 0.3) is 0 Å². The Bertz CT molecular complexity index is 350. The van der Waals surface area contributed by atoms with E-state index in [9.17, 15) is 0 Å². The first-order valence-corrected chi connectivity index (χ1v) is 6.15. The van der Waals surface area contributed by atoms with Crippen LogP contribution in [-0.2, 0) is 0 Å². The molecule has 0 aromatic heterocycles. The van der Waals surface area contributed by atoms with Crippen LogP contribution in [0, 0.1) is 17.8 Å². The summed E-state index contributed by atoms with van der Waals surface area (Å²) < 4.78 is 0. The lowest BCUT2D eigenvalue weighted by molar-refractivity contribution is 0.396. The lowest BCUT2D eigenvalue weighted by atomic mass is 9.88. The quantitative estimate of drug-likeness (QED) is 0.670. The maximum atomic E-state index is 2.46. The molecule has 0 nitrogen and oxygen atoms in total. The Morgan fingerprint density at radius 2 is 1.87 bits per heavy atom. The predicted octanol–water partition coefficient (Wildman–Crippen LogP) is 4.14. The molecule has 0 spiro atoms. The Morgan fingerprint density at radius 1 is 1.00 bits per heavy atom. The molecule has 1 aromatic carbocycles. The minimum absolute atomic E-state index is 0.879. The average molecular weight is 198 g/mol. The summed E-state index contributed by atoms with van der Waals surface area (Å²) in [6.45, 7) is 0. The van der Waals surface area contributed by atoms with E-state index < -0.39 is 0 Å². The first kappa shape index (κ1) is 9.21. The minimum Gasteiger partial charge on any atom is -0.0805 e. The topological polar surface area (TPSA) is 0 Å². The van der Waals surface area contributed by atoms with E-state index in [1.165, 1.54) is 31.2 Å². The highest BCUT2D eigenvalue weighted by molar-refractivity contribution is 5.49. The van der Waals surface area contributed by atoms with E-state index in [0.29, 0.717) is 0 Å². The molecule has 2 fully saturated rings. The van der Waals surface area contributed by atoms with Gasteiger partial charge < -0.3 is 0 Å². The fourth-order valence-corrected chi connectivity index (χ4v) is 3.33. The maximum absolute atomic E-state index is 2.46. The molecule has 3 atom stereocenters. The highest BCUT2D eigenvalue weighted by Gasteiger charge is 2.37. The van der Waals surface area contributed by atoms with E-state index in [1.54, 1.807) is 0 Å². The minimum atomic E-state index is 0.879. The summed E-state index contributed by atoms with van der Waals surface area (Å²) in [4.78, 5) is 0. The van der Waals surface area contributed by atoms with Crippen molar-refractivity contribution in [1.82, 2.24) is 0 Å². The Balaban J connectivity index is 1.68. The summed E-state index contributed by atoms with van der Waals surface area (Å²) in [5.74, 6) is 2.94. The summed E-state index contributed by atoms with van der Waals surface area (Å²) >= 11 is 0. The summed E-state index contributed by atoms with van der Waals surface area (Å²) in [6.07, 6.45) is 10.7. The summed E-state index contributed by atoms with van der Waals surface area (Å²) in [6, 6.07) is 10.7. The smallest absolute Gasteiger partial charge is 0.0199 e. The maximum Gasteiger partial charge on any atom is -0.0199 e. The molecule has 15 heavy (non-hydrogen) atoms. The predicted molar refractivity (Wildman–Crippen MR) is 64.4 cm³/mol. The second-order valence-electron chi connectivity index (χ2n) is 5.11. The summed E-state index contributed by atoms with van der Waals surface area (Å²) in [5.41, 5.74) is 1.35. The third-order valence-corrected chi connectivity index (χ3v) is 4.13. The Kier molecular flexibility index (Phi) is 2.36. The fourth-order valence-electron chi connectivity index (χ4n) is 3.33. The third kappa shape index (κ3) is 1.86. The lowest BCUT2D eigenvalue weighted by Crippen LogP contribution is -2.06. The van der Waals surface area contributed by atoms with Crippen LogP contribution < -0.4 is 0 Å². The van der Waals surface area contributed by atoms with Crippen LogP contribution in [0.2, 0.25) is 0 Å². The number of rotatable bonds is 2. The lowest BCUT2D eigenvalue weighted by Gasteiger charge is -2.17. The van der Waals surface area contributed by atoms with Gasteiger partial charge in [-0.1, -0.05) is 48.9 Å². The standard InChI is InChI=1S/C15H18/c1-2-4-12(5-3-1)6-8-14-10-13-7-9-15(14)11-13/h1-6,8,13-15H,7,9-11H2/b8-6+/t13-,14?,15-/m0/s1. The molecule has 2 bridgehead atoms. The van der Waals surface area contributed by atoms with E-state index in [1.807, 2.05) is 0 Å². The van der Waals surface area contributed by atoms with Gasteiger partial charge in [0.1, 0.15) is 0 Å². The highest BCUT2D eigenvalue weighted by atomic mass is 14.4.